The van der Waals surface area contributed by atoms with Gasteiger partial charge in [-0.1, -0.05) is 11.6 Å². The summed E-state index contributed by atoms with van der Waals surface area (Å²) in [4.78, 5) is 8.62. The van der Waals surface area contributed by atoms with Crippen LogP contribution in [-0.2, 0) is 6.42 Å². The number of nitrogens with zero attached hydrogens (tertiary/aromatic N) is 3. The molecule has 1 aromatic carbocycles. The first kappa shape index (κ1) is 20.3. The Labute approximate surface area is 150 Å². The fraction of sp³-hybridized carbons (Fsp3) is 0.533. The highest BCUT2D eigenvalue weighted by atomic mass is 127. The van der Waals surface area contributed by atoms with Crippen LogP contribution in [0.4, 0.5) is 0 Å². The molecular weight excluding hydrogens is 401 g/mol. The molecule has 0 saturated carbocycles. The molecule has 21 heavy (non-hydrogen) atoms. The van der Waals surface area contributed by atoms with Crippen LogP contribution in [0.1, 0.15) is 12.5 Å². The predicted octanol–water partition coefficient (Wildman–Crippen LogP) is 3.38. The molecule has 0 unspecified atom stereocenters. The lowest BCUT2D eigenvalue weighted by molar-refractivity contribution is 0.336. The Hall–Kier alpha value is -0.690. The van der Waals surface area contributed by atoms with Gasteiger partial charge in [-0.05, 0) is 37.1 Å². The molecule has 0 atom stereocenters. The molecule has 4 nitrogen and oxygen atoms in total. The van der Waals surface area contributed by atoms with Gasteiger partial charge in [0, 0.05) is 39.8 Å². The molecule has 0 aliphatic carbocycles. The van der Waals surface area contributed by atoms with Crippen molar-refractivity contribution in [1.82, 2.24) is 9.80 Å². The highest BCUT2D eigenvalue weighted by Crippen LogP contribution is 2.23. The van der Waals surface area contributed by atoms with Crippen LogP contribution < -0.4 is 4.74 Å². The van der Waals surface area contributed by atoms with Crippen LogP contribution in [0.15, 0.2) is 23.2 Å². The molecule has 0 bridgehead atoms. The second-order valence-electron chi connectivity index (χ2n) is 4.91. The Morgan fingerprint density at radius 3 is 2.33 bits per heavy atom. The topological polar surface area (TPSA) is 28.1 Å². The number of guanidine groups is 1. The minimum Gasteiger partial charge on any atom is -0.494 e. The van der Waals surface area contributed by atoms with Crippen LogP contribution in [0.2, 0.25) is 5.02 Å². The molecule has 0 saturated heterocycles. The van der Waals surface area contributed by atoms with E-state index in [2.05, 4.69) is 4.99 Å². The molecule has 1 aromatic rings. The summed E-state index contributed by atoms with van der Waals surface area (Å²) < 4.78 is 5.62. The first-order valence-electron chi connectivity index (χ1n) is 6.76. The second-order valence-corrected chi connectivity index (χ2v) is 5.34. The fourth-order valence-corrected chi connectivity index (χ4v) is 2.19. The van der Waals surface area contributed by atoms with E-state index in [-0.39, 0.29) is 24.0 Å². The van der Waals surface area contributed by atoms with Crippen molar-refractivity contribution < 1.29 is 4.74 Å². The van der Waals surface area contributed by atoms with E-state index in [4.69, 9.17) is 16.3 Å². The molecule has 0 aromatic heterocycles. The number of hydrogen-bond donors (Lipinski definition) is 0. The summed E-state index contributed by atoms with van der Waals surface area (Å²) in [7, 11) is 7.96. The van der Waals surface area contributed by atoms with E-state index < -0.39 is 0 Å². The van der Waals surface area contributed by atoms with Crippen molar-refractivity contribution in [2.75, 3.05) is 41.3 Å². The maximum atomic E-state index is 6.05. The molecule has 6 heteroatoms. The number of aliphatic imine (C=N–C) groups is 1. The van der Waals surface area contributed by atoms with Gasteiger partial charge in [0.15, 0.2) is 5.96 Å². The highest BCUT2D eigenvalue weighted by Gasteiger charge is 2.06. The van der Waals surface area contributed by atoms with Crippen molar-refractivity contribution in [1.29, 1.82) is 0 Å². The number of hydrogen-bond acceptors (Lipinski definition) is 2. The van der Waals surface area contributed by atoms with E-state index in [0.29, 0.717) is 13.2 Å². The molecule has 0 fully saturated rings. The lowest BCUT2D eigenvalue weighted by Crippen LogP contribution is -2.35. The van der Waals surface area contributed by atoms with Gasteiger partial charge in [0.1, 0.15) is 5.75 Å². The predicted molar refractivity (Wildman–Crippen MR) is 101 cm³/mol. The normalized spacial score (nSPS) is 9.62. The summed E-state index contributed by atoms with van der Waals surface area (Å²) >= 11 is 6.05. The molecule has 0 radical (unpaired) electrons. The summed E-state index contributed by atoms with van der Waals surface area (Å²) in [6.07, 6.45) is 0.807. The third-order valence-corrected chi connectivity index (χ3v) is 2.99. The van der Waals surface area contributed by atoms with Gasteiger partial charge in [0.2, 0.25) is 0 Å². The first-order chi connectivity index (χ1) is 9.45. The van der Waals surface area contributed by atoms with Crippen LogP contribution in [0, 0.1) is 0 Å². The van der Waals surface area contributed by atoms with Gasteiger partial charge >= 0.3 is 0 Å². The average molecular weight is 426 g/mol. The van der Waals surface area contributed by atoms with Crippen LogP contribution in [0.3, 0.4) is 0 Å². The van der Waals surface area contributed by atoms with E-state index in [0.717, 1.165) is 28.7 Å². The molecule has 120 valence electrons. The lowest BCUT2D eigenvalue weighted by atomic mass is 10.1. The third kappa shape index (κ3) is 6.74. The van der Waals surface area contributed by atoms with E-state index >= 15 is 0 Å². The number of halogens is 2. The zero-order valence-electron chi connectivity index (χ0n) is 13.4. The molecule has 0 aliphatic rings. The van der Waals surface area contributed by atoms with Gasteiger partial charge < -0.3 is 14.5 Å². The zero-order valence-corrected chi connectivity index (χ0v) is 16.5. The van der Waals surface area contributed by atoms with Gasteiger partial charge in [-0.25, -0.2) is 0 Å². The van der Waals surface area contributed by atoms with Gasteiger partial charge in [-0.15, -0.1) is 24.0 Å². The summed E-state index contributed by atoms with van der Waals surface area (Å²) in [5.74, 6) is 1.84. The van der Waals surface area contributed by atoms with Crippen molar-refractivity contribution in [2.45, 2.75) is 13.3 Å². The molecule has 0 N–H and O–H groups in total. The molecule has 0 amide bonds. The molecule has 0 aliphatic heterocycles. The summed E-state index contributed by atoms with van der Waals surface area (Å²) in [5, 5.41) is 0.730. The van der Waals surface area contributed by atoms with Crippen LogP contribution in [-0.4, -0.2) is 57.1 Å². The lowest BCUT2D eigenvalue weighted by Gasteiger charge is -2.22. The van der Waals surface area contributed by atoms with Crippen LogP contribution in [0.5, 0.6) is 5.75 Å². The number of rotatable bonds is 5. The standard InChI is InChI=1S/C15H24ClN3O.HI/c1-6-20-14-8-7-13(16)11-12(14)9-10-17-15(18(2)3)19(4)5;/h7-8,11H,6,9-10H2,1-5H3;1H. The van der Waals surface area contributed by atoms with Crippen molar-refractivity contribution >= 4 is 41.5 Å². The summed E-state index contributed by atoms with van der Waals surface area (Å²) in [5.41, 5.74) is 1.10. The van der Waals surface area contributed by atoms with E-state index in [1.54, 1.807) is 0 Å². The summed E-state index contributed by atoms with van der Waals surface area (Å²) in [6, 6.07) is 5.72. The Morgan fingerprint density at radius 2 is 1.81 bits per heavy atom. The number of ether oxygens (including phenoxy) is 1. The SMILES string of the molecule is CCOc1ccc(Cl)cc1CCN=C(N(C)C)N(C)C.I. The van der Waals surface area contributed by atoms with E-state index in [1.165, 1.54) is 0 Å². The smallest absolute Gasteiger partial charge is 0.195 e. The molecule has 0 spiro atoms. The average Bonchev–Trinajstić information content (AvgIpc) is 2.36. The molecular formula is C15H25ClIN3O. The maximum Gasteiger partial charge on any atom is 0.195 e. The second kappa shape index (κ2) is 10.1. The first-order valence-corrected chi connectivity index (χ1v) is 7.13. The minimum absolute atomic E-state index is 0. The Bertz CT molecular complexity index is 454. The van der Waals surface area contributed by atoms with Gasteiger partial charge in [-0.3, -0.25) is 4.99 Å². The van der Waals surface area contributed by atoms with E-state index in [9.17, 15) is 0 Å². The van der Waals surface area contributed by atoms with Gasteiger partial charge in [-0.2, -0.15) is 0 Å². The molecule has 0 heterocycles. The third-order valence-electron chi connectivity index (χ3n) is 2.76. The minimum atomic E-state index is 0. The Balaban J connectivity index is 0.00000400. The largest absolute Gasteiger partial charge is 0.494 e. The fourth-order valence-electron chi connectivity index (χ4n) is 2.00. The van der Waals surface area contributed by atoms with Crippen molar-refractivity contribution in [2.24, 2.45) is 4.99 Å². The number of benzene rings is 1. The van der Waals surface area contributed by atoms with E-state index in [1.807, 2.05) is 63.1 Å². The van der Waals surface area contributed by atoms with Crippen molar-refractivity contribution in [3.63, 3.8) is 0 Å². The summed E-state index contributed by atoms with van der Waals surface area (Å²) in [6.45, 7) is 3.33. The van der Waals surface area contributed by atoms with Gasteiger partial charge in [0.25, 0.3) is 0 Å². The molecule has 1 rings (SSSR count). The Kier molecular flexibility index (Phi) is 9.77. The van der Waals surface area contributed by atoms with Crippen LogP contribution in [0.25, 0.3) is 0 Å². The monoisotopic (exact) mass is 425 g/mol. The highest BCUT2D eigenvalue weighted by molar-refractivity contribution is 14.0. The van der Waals surface area contributed by atoms with Crippen LogP contribution >= 0.6 is 35.6 Å². The van der Waals surface area contributed by atoms with Gasteiger partial charge in [0.05, 0.1) is 6.61 Å². The Morgan fingerprint density at radius 1 is 1.19 bits per heavy atom. The van der Waals surface area contributed by atoms with Crippen molar-refractivity contribution in [3.8, 4) is 5.75 Å². The zero-order chi connectivity index (χ0) is 15.1. The quantitative estimate of drug-likeness (QED) is 0.411. The van der Waals surface area contributed by atoms with Crippen molar-refractivity contribution in [3.05, 3.63) is 28.8 Å². The maximum absolute atomic E-state index is 6.05.